The molecule has 2 heterocycles. The van der Waals surface area contributed by atoms with Crippen molar-refractivity contribution >= 4 is 15.9 Å². The van der Waals surface area contributed by atoms with E-state index in [4.69, 9.17) is 4.74 Å². The number of rotatable bonds is 5. The first-order valence-electron chi connectivity index (χ1n) is 5.53. The average Bonchev–Trinajstić information content (AvgIpc) is 2.78. The minimum Gasteiger partial charge on any atom is -0.436 e. The molecule has 2 rings (SSSR count). The third-order valence-corrected chi connectivity index (χ3v) is 2.88. The molecule has 0 bridgehead atoms. The second-order valence-electron chi connectivity index (χ2n) is 3.68. The van der Waals surface area contributed by atoms with E-state index < -0.39 is 0 Å². The van der Waals surface area contributed by atoms with E-state index in [1.165, 1.54) is 0 Å². The van der Waals surface area contributed by atoms with Crippen LogP contribution < -0.4 is 4.74 Å². The fraction of sp³-hybridized carbons (Fsp3) is 0.333. The summed E-state index contributed by atoms with van der Waals surface area (Å²) in [5, 5.41) is 4.99. The van der Waals surface area contributed by atoms with Gasteiger partial charge < -0.3 is 4.74 Å². The molecule has 0 amide bonds. The van der Waals surface area contributed by atoms with Gasteiger partial charge in [0.2, 0.25) is 5.88 Å². The van der Waals surface area contributed by atoms with E-state index >= 15 is 0 Å². The number of nitrogens with zero attached hydrogens (tertiary/aromatic N) is 3. The van der Waals surface area contributed by atoms with Crippen LogP contribution in [0.1, 0.15) is 18.9 Å². The van der Waals surface area contributed by atoms with Gasteiger partial charge >= 0.3 is 0 Å². The molecule has 0 saturated heterocycles. The average molecular weight is 296 g/mol. The molecule has 4 nitrogen and oxygen atoms in total. The number of ether oxygens (including phenoxy) is 1. The summed E-state index contributed by atoms with van der Waals surface area (Å²) >= 11 is 3.38. The number of pyridine rings is 1. The van der Waals surface area contributed by atoms with E-state index in [1.54, 1.807) is 12.4 Å². The van der Waals surface area contributed by atoms with Crippen LogP contribution in [0.4, 0.5) is 0 Å². The van der Waals surface area contributed by atoms with Crippen LogP contribution in [0.15, 0.2) is 30.7 Å². The lowest BCUT2D eigenvalue weighted by Crippen LogP contribution is -1.95. The number of halogens is 1. The molecular formula is C12H14BrN3O. The maximum absolute atomic E-state index is 5.60. The predicted molar refractivity (Wildman–Crippen MR) is 69.5 cm³/mol. The lowest BCUT2D eigenvalue weighted by Gasteiger charge is -2.01. The summed E-state index contributed by atoms with van der Waals surface area (Å²) in [5.41, 5.74) is 1.12. The van der Waals surface area contributed by atoms with Gasteiger partial charge in [0.25, 0.3) is 0 Å². The summed E-state index contributed by atoms with van der Waals surface area (Å²) in [6.45, 7) is 3.02. The van der Waals surface area contributed by atoms with Crippen LogP contribution in [0, 0.1) is 0 Å². The molecule has 2 aromatic rings. The van der Waals surface area contributed by atoms with E-state index in [2.05, 4.69) is 32.9 Å². The monoisotopic (exact) mass is 295 g/mol. The number of aryl methyl sites for hydroxylation is 1. The number of hydrogen-bond donors (Lipinski definition) is 0. The molecule has 5 heteroatoms. The van der Waals surface area contributed by atoms with Crippen molar-refractivity contribution < 1.29 is 4.74 Å². The summed E-state index contributed by atoms with van der Waals surface area (Å²) < 4.78 is 7.46. The van der Waals surface area contributed by atoms with Crippen molar-refractivity contribution in [1.82, 2.24) is 14.8 Å². The minimum absolute atomic E-state index is 0.589. The highest BCUT2D eigenvalue weighted by molar-refractivity contribution is 9.08. The first-order valence-corrected chi connectivity index (χ1v) is 6.65. The smallest absolute Gasteiger partial charge is 0.219 e. The molecule has 0 aliphatic heterocycles. The van der Waals surface area contributed by atoms with Gasteiger partial charge in [-0.25, -0.2) is 4.98 Å². The Morgan fingerprint density at radius 1 is 1.35 bits per heavy atom. The summed E-state index contributed by atoms with van der Waals surface area (Å²) in [6.07, 6.45) is 6.43. The maximum Gasteiger partial charge on any atom is 0.219 e. The van der Waals surface area contributed by atoms with Crippen LogP contribution in [0.3, 0.4) is 0 Å². The minimum atomic E-state index is 0.589. The van der Waals surface area contributed by atoms with Gasteiger partial charge in [0, 0.05) is 24.1 Å². The summed E-state index contributed by atoms with van der Waals surface area (Å²) in [6, 6.07) is 3.83. The first-order chi connectivity index (χ1) is 8.31. The Kier molecular flexibility index (Phi) is 4.14. The van der Waals surface area contributed by atoms with Gasteiger partial charge in [-0.15, -0.1) is 0 Å². The molecule has 90 valence electrons. The van der Waals surface area contributed by atoms with E-state index in [9.17, 15) is 0 Å². The standard InChI is InChI=1S/C12H14BrN3O/c1-2-5-16-9-11(8-15-16)17-12-4-3-10(6-13)7-14-12/h3-4,7-9H,2,5-6H2,1H3. The number of alkyl halides is 1. The predicted octanol–water partition coefficient (Wildman–Crippen LogP) is 3.38. The molecule has 0 N–H and O–H groups in total. The van der Waals surface area contributed by atoms with Crippen molar-refractivity contribution in [3.8, 4) is 11.6 Å². The van der Waals surface area contributed by atoms with E-state index in [1.807, 2.05) is 23.0 Å². The summed E-state index contributed by atoms with van der Waals surface area (Å²) in [7, 11) is 0. The van der Waals surface area contributed by atoms with Crippen LogP contribution in [0.2, 0.25) is 0 Å². The molecule has 0 aromatic carbocycles. The Morgan fingerprint density at radius 2 is 2.24 bits per heavy atom. The molecule has 17 heavy (non-hydrogen) atoms. The van der Waals surface area contributed by atoms with Crippen LogP contribution in [0.5, 0.6) is 11.6 Å². The Balaban J connectivity index is 2.03. The van der Waals surface area contributed by atoms with Crippen molar-refractivity contribution in [1.29, 1.82) is 0 Å². The fourth-order valence-corrected chi connectivity index (χ4v) is 1.75. The van der Waals surface area contributed by atoms with Crippen molar-refractivity contribution in [2.45, 2.75) is 25.2 Å². The van der Waals surface area contributed by atoms with Crippen molar-refractivity contribution in [3.63, 3.8) is 0 Å². The maximum atomic E-state index is 5.60. The van der Waals surface area contributed by atoms with Crippen molar-refractivity contribution in [3.05, 3.63) is 36.3 Å². The molecule has 0 unspecified atom stereocenters. The highest BCUT2D eigenvalue weighted by Gasteiger charge is 2.02. The normalized spacial score (nSPS) is 10.5. The zero-order valence-electron chi connectivity index (χ0n) is 9.64. The van der Waals surface area contributed by atoms with Crippen LogP contribution in [-0.2, 0) is 11.9 Å². The third-order valence-electron chi connectivity index (χ3n) is 2.24. The van der Waals surface area contributed by atoms with Gasteiger partial charge in [-0.05, 0) is 12.0 Å². The van der Waals surface area contributed by atoms with Crippen LogP contribution >= 0.6 is 15.9 Å². The van der Waals surface area contributed by atoms with E-state index in [0.717, 1.165) is 29.6 Å². The molecule has 0 aliphatic rings. The zero-order valence-corrected chi connectivity index (χ0v) is 11.2. The lowest BCUT2D eigenvalue weighted by molar-refractivity contribution is 0.461. The van der Waals surface area contributed by atoms with Gasteiger partial charge in [0.05, 0.1) is 12.4 Å². The van der Waals surface area contributed by atoms with Gasteiger partial charge in [-0.2, -0.15) is 5.10 Å². The highest BCUT2D eigenvalue weighted by Crippen LogP contribution is 2.19. The van der Waals surface area contributed by atoms with Crippen LogP contribution in [0.25, 0.3) is 0 Å². The Hall–Kier alpha value is -1.36. The molecule has 2 aromatic heterocycles. The molecule has 0 fully saturated rings. The quantitative estimate of drug-likeness (QED) is 0.794. The van der Waals surface area contributed by atoms with Gasteiger partial charge in [-0.3, -0.25) is 4.68 Å². The molecule has 0 radical (unpaired) electrons. The summed E-state index contributed by atoms with van der Waals surface area (Å²) in [4.78, 5) is 4.21. The van der Waals surface area contributed by atoms with Gasteiger partial charge in [0.1, 0.15) is 0 Å². The largest absolute Gasteiger partial charge is 0.436 e. The molecule has 0 spiro atoms. The lowest BCUT2D eigenvalue weighted by atomic mass is 10.3. The van der Waals surface area contributed by atoms with Crippen molar-refractivity contribution in [2.24, 2.45) is 0 Å². The topological polar surface area (TPSA) is 39.9 Å². The molecule has 0 saturated carbocycles. The molecule has 0 atom stereocenters. The molecular weight excluding hydrogens is 282 g/mol. The first kappa shape index (κ1) is 12.1. The highest BCUT2D eigenvalue weighted by atomic mass is 79.9. The van der Waals surface area contributed by atoms with E-state index in [-0.39, 0.29) is 0 Å². The Labute approximate surface area is 109 Å². The van der Waals surface area contributed by atoms with Crippen molar-refractivity contribution in [2.75, 3.05) is 0 Å². The van der Waals surface area contributed by atoms with E-state index in [0.29, 0.717) is 5.88 Å². The summed E-state index contributed by atoms with van der Waals surface area (Å²) in [5.74, 6) is 1.31. The zero-order chi connectivity index (χ0) is 12.1. The number of hydrogen-bond acceptors (Lipinski definition) is 3. The fourth-order valence-electron chi connectivity index (χ4n) is 1.42. The van der Waals surface area contributed by atoms with Gasteiger partial charge in [0.15, 0.2) is 5.75 Å². The SMILES string of the molecule is CCCn1cc(Oc2ccc(CBr)cn2)cn1. The second-order valence-corrected chi connectivity index (χ2v) is 4.24. The second kappa shape index (κ2) is 5.82. The molecule has 0 aliphatic carbocycles. The Bertz CT molecular complexity index is 467. The van der Waals surface area contributed by atoms with Gasteiger partial charge in [-0.1, -0.05) is 28.9 Å². The van der Waals surface area contributed by atoms with Crippen LogP contribution in [-0.4, -0.2) is 14.8 Å². The third kappa shape index (κ3) is 3.30. The number of aromatic nitrogens is 3. The Morgan fingerprint density at radius 3 is 2.88 bits per heavy atom.